The Morgan fingerprint density at radius 3 is 2.90 bits per heavy atom. The fourth-order valence-corrected chi connectivity index (χ4v) is 2.90. The van der Waals surface area contributed by atoms with Gasteiger partial charge in [0.1, 0.15) is 0 Å². The van der Waals surface area contributed by atoms with Crippen molar-refractivity contribution in [2.75, 3.05) is 17.7 Å². The van der Waals surface area contributed by atoms with E-state index in [1.54, 1.807) is 17.5 Å². The highest BCUT2D eigenvalue weighted by molar-refractivity contribution is 7.09. The maximum atomic E-state index is 6.01. The minimum Gasteiger partial charge on any atom is -0.398 e. The predicted molar refractivity (Wildman–Crippen MR) is 85.1 cm³/mol. The first kappa shape index (κ1) is 12.9. The number of benzene rings is 1. The van der Waals surface area contributed by atoms with Gasteiger partial charge in [0.05, 0.1) is 28.5 Å². The second-order valence-electron chi connectivity index (χ2n) is 4.79. The second-order valence-corrected chi connectivity index (χ2v) is 5.85. The van der Waals surface area contributed by atoms with E-state index in [9.17, 15) is 0 Å². The smallest absolute Gasteiger partial charge is 0.0955 e. The molecule has 0 aliphatic rings. The fourth-order valence-electron chi connectivity index (χ4n) is 2.30. The lowest BCUT2D eigenvalue weighted by atomic mass is 10.1. The summed E-state index contributed by atoms with van der Waals surface area (Å²) in [6, 6.07) is 7.86. The van der Waals surface area contributed by atoms with Crippen LogP contribution in [0.15, 0.2) is 35.8 Å². The van der Waals surface area contributed by atoms with Gasteiger partial charge in [0.25, 0.3) is 0 Å². The second kappa shape index (κ2) is 5.09. The predicted octanol–water partition coefficient (Wildman–Crippen LogP) is 3.22. The van der Waals surface area contributed by atoms with Crippen LogP contribution in [0.4, 0.5) is 11.4 Å². The molecule has 0 bridgehead atoms. The monoisotopic (exact) mass is 284 g/mol. The Morgan fingerprint density at radius 1 is 1.30 bits per heavy atom. The molecule has 0 saturated carbocycles. The van der Waals surface area contributed by atoms with E-state index in [1.807, 2.05) is 38.2 Å². The average molecular weight is 284 g/mol. The van der Waals surface area contributed by atoms with E-state index in [4.69, 9.17) is 5.73 Å². The Morgan fingerprint density at radius 2 is 2.15 bits per heavy atom. The van der Waals surface area contributed by atoms with Crippen molar-refractivity contribution in [3.05, 3.63) is 46.5 Å². The van der Waals surface area contributed by atoms with Gasteiger partial charge in [-0.3, -0.25) is 4.98 Å². The van der Waals surface area contributed by atoms with Crippen LogP contribution in [0.1, 0.15) is 10.7 Å². The molecule has 0 spiro atoms. The van der Waals surface area contributed by atoms with Crippen LogP contribution in [-0.4, -0.2) is 17.0 Å². The van der Waals surface area contributed by atoms with Crippen LogP contribution in [0.2, 0.25) is 0 Å². The molecular formula is C15H16N4S. The molecule has 4 nitrogen and oxygen atoms in total. The number of nitrogen functional groups attached to an aromatic ring is 1. The molecule has 0 aliphatic heterocycles. The summed E-state index contributed by atoms with van der Waals surface area (Å²) in [4.78, 5) is 11.1. The van der Waals surface area contributed by atoms with Gasteiger partial charge in [-0.25, -0.2) is 4.98 Å². The van der Waals surface area contributed by atoms with Crippen molar-refractivity contribution in [2.45, 2.75) is 13.5 Å². The van der Waals surface area contributed by atoms with Crippen LogP contribution in [-0.2, 0) is 6.54 Å². The summed E-state index contributed by atoms with van der Waals surface area (Å²) in [6.45, 7) is 2.79. The van der Waals surface area contributed by atoms with Gasteiger partial charge in [0.2, 0.25) is 0 Å². The van der Waals surface area contributed by atoms with E-state index in [0.717, 1.165) is 39.5 Å². The SMILES string of the molecule is Cc1nc(CN(C)c2ccc(N)c3cccnc23)cs1. The van der Waals surface area contributed by atoms with E-state index in [-0.39, 0.29) is 0 Å². The standard InChI is InChI=1S/C15H16N4S/c1-10-18-11(9-20-10)8-19(2)14-6-5-13(16)12-4-3-7-17-15(12)14/h3-7,9H,8,16H2,1-2H3. The van der Waals surface area contributed by atoms with Crippen molar-refractivity contribution < 1.29 is 0 Å². The molecule has 2 aromatic heterocycles. The largest absolute Gasteiger partial charge is 0.398 e. The van der Waals surface area contributed by atoms with Crippen LogP contribution in [0, 0.1) is 6.92 Å². The molecule has 0 fully saturated rings. The summed E-state index contributed by atoms with van der Waals surface area (Å²) in [5.74, 6) is 0. The normalized spacial score (nSPS) is 10.9. The molecule has 20 heavy (non-hydrogen) atoms. The first-order valence-corrected chi connectivity index (χ1v) is 7.28. The minimum absolute atomic E-state index is 0.759. The molecule has 3 aromatic rings. The Kier molecular flexibility index (Phi) is 3.28. The quantitative estimate of drug-likeness (QED) is 0.750. The number of nitrogens with two attached hydrogens (primary N) is 1. The maximum absolute atomic E-state index is 6.01. The molecule has 2 N–H and O–H groups in total. The number of pyridine rings is 1. The zero-order valence-corrected chi connectivity index (χ0v) is 12.3. The van der Waals surface area contributed by atoms with Gasteiger partial charge in [0, 0.05) is 29.7 Å². The van der Waals surface area contributed by atoms with Crippen LogP contribution in [0.5, 0.6) is 0 Å². The first-order valence-electron chi connectivity index (χ1n) is 6.40. The summed E-state index contributed by atoms with van der Waals surface area (Å²) in [5, 5.41) is 4.18. The van der Waals surface area contributed by atoms with Crippen molar-refractivity contribution in [3.8, 4) is 0 Å². The third-order valence-electron chi connectivity index (χ3n) is 3.26. The van der Waals surface area contributed by atoms with Gasteiger partial charge in [0.15, 0.2) is 0 Å². The van der Waals surface area contributed by atoms with Crippen molar-refractivity contribution in [1.29, 1.82) is 0 Å². The summed E-state index contributed by atoms with van der Waals surface area (Å²) in [7, 11) is 2.05. The van der Waals surface area contributed by atoms with E-state index in [2.05, 4.69) is 20.2 Å². The number of aryl methyl sites for hydroxylation is 1. The zero-order valence-electron chi connectivity index (χ0n) is 11.5. The minimum atomic E-state index is 0.759. The number of thiazole rings is 1. The fraction of sp³-hybridized carbons (Fsp3) is 0.200. The average Bonchev–Trinajstić information content (AvgIpc) is 2.84. The van der Waals surface area contributed by atoms with E-state index >= 15 is 0 Å². The number of rotatable bonds is 3. The Labute approximate surface area is 121 Å². The van der Waals surface area contributed by atoms with Crippen LogP contribution in [0.3, 0.4) is 0 Å². The molecule has 0 aliphatic carbocycles. The lowest BCUT2D eigenvalue weighted by Crippen LogP contribution is -2.17. The summed E-state index contributed by atoms with van der Waals surface area (Å²) in [6.07, 6.45) is 1.80. The Bertz CT molecular complexity index is 750. The number of hydrogen-bond donors (Lipinski definition) is 1. The summed E-state index contributed by atoms with van der Waals surface area (Å²) in [5.41, 5.74) is 9.85. The lowest BCUT2D eigenvalue weighted by molar-refractivity contribution is 0.893. The zero-order chi connectivity index (χ0) is 14.1. The van der Waals surface area contributed by atoms with Gasteiger partial charge >= 0.3 is 0 Å². The number of anilines is 2. The molecule has 5 heteroatoms. The number of hydrogen-bond acceptors (Lipinski definition) is 5. The van der Waals surface area contributed by atoms with Crippen LogP contribution in [0.25, 0.3) is 10.9 Å². The molecule has 0 saturated heterocycles. The van der Waals surface area contributed by atoms with Gasteiger partial charge < -0.3 is 10.6 Å². The third-order valence-corrected chi connectivity index (χ3v) is 4.08. The van der Waals surface area contributed by atoms with Gasteiger partial charge in [-0.1, -0.05) is 0 Å². The van der Waals surface area contributed by atoms with Crippen molar-refractivity contribution >= 4 is 33.6 Å². The van der Waals surface area contributed by atoms with Crippen molar-refractivity contribution in [1.82, 2.24) is 9.97 Å². The summed E-state index contributed by atoms with van der Waals surface area (Å²) < 4.78 is 0. The van der Waals surface area contributed by atoms with Gasteiger partial charge in [-0.05, 0) is 31.2 Å². The number of aromatic nitrogens is 2. The molecule has 0 amide bonds. The summed E-state index contributed by atoms with van der Waals surface area (Å²) >= 11 is 1.67. The van der Waals surface area contributed by atoms with E-state index < -0.39 is 0 Å². The molecule has 0 atom stereocenters. The van der Waals surface area contributed by atoms with E-state index in [0.29, 0.717) is 0 Å². The molecule has 3 rings (SSSR count). The third kappa shape index (κ3) is 2.32. The van der Waals surface area contributed by atoms with E-state index in [1.165, 1.54) is 0 Å². The molecule has 2 heterocycles. The highest BCUT2D eigenvalue weighted by Crippen LogP contribution is 2.29. The Balaban J connectivity index is 1.99. The lowest BCUT2D eigenvalue weighted by Gasteiger charge is -2.20. The van der Waals surface area contributed by atoms with Crippen molar-refractivity contribution in [2.24, 2.45) is 0 Å². The van der Waals surface area contributed by atoms with Gasteiger partial charge in [-0.2, -0.15) is 0 Å². The Hall–Kier alpha value is -2.14. The highest BCUT2D eigenvalue weighted by atomic mass is 32.1. The highest BCUT2D eigenvalue weighted by Gasteiger charge is 2.10. The topological polar surface area (TPSA) is 55.0 Å². The molecular weight excluding hydrogens is 268 g/mol. The molecule has 0 unspecified atom stereocenters. The van der Waals surface area contributed by atoms with Gasteiger partial charge in [-0.15, -0.1) is 11.3 Å². The molecule has 102 valence electrons. The van der Waals surface area contributed by atoms with Crippen LogP contribution < -0.4 is 10.6 Å². The number of nitrogens with zero attached hydrogens (tertiary/aromatic N) is 3. The van der Waals surface area contributed by atoms with Crippen LogP contribution >= 0.6 is 11.3 Å². The first-order chi connectivity index (χ1) is 9.65. The maximum Gasteiger partial charge on any atom is 0.0955 e. The van der Waals surface area contributed by atoms with Crippen molar-refractivity contribution in [3.63, 3.8) is 0 Å². The number of fused-ring (bicyclic) bond motifs is 1. The molecule has 0 radical (unpaired) electrons. The molecule has 1 aromatic carbocycles.